The highest BCUT2D eigenvalue weighted by Crippen LogP contribution is 2.28. The summed E-state index contributed by atoms with van der Waals surface area (Å²) < 4.78 is 61.5. The number of sulfonamides is 1. The summed E-state index contributed by atoms with van der Waals surface area (Å²) in [6.45, 7) is 2.31. The Hall–Kier alpha value is -1.28. The number of rotatable bonds is 6. The Balaban J connectivity index is 0.00000450. The summed E-state index contributed by atoms with van der Waals surface area (Å²) in [5, 5.41) is 6.39. The van der Waals surface area contributed by atoms with Crippen LogP contribution in [0.2, 0.25) is 0 Å². The van der Waals surface area contributed by atoms with Crippen LogP contribution in [0.25, 0.3) is 0 Å². The molecule has 0 aromatic heterocycles. The second-order valence-electron chi connectivity index (χ2n) is 7.02. The Kier molecular flexibility index (Phi) is 10.1. The standard InChI is InChI=1S/C18H28F3N5O2S.HI/c1-14(25(3)16-7-5-4-6-8-16)13-23-17(22-2)24-15-9-11-26(12-10-15)29(27,28)18(19,20)21;/h4-8,14-15H,9-13H2,1-3H3,(H2,22,23,24);1H. The molecule has 1 unspecified atom stereocenters. The van der Waals surface area contributed by atoms with Gasteiger partial charge < -0.3 is 15.5 Å². The van der Waals surface area contributed by atoms with E-state index < -0.39 is 15.5 Å². The molecule has 12 heteroatoms. The molecule has 172 valence electrons. The summed E-state index contributed by atoms with van der Waals surface area (Å²) in [5.74, 6) is 0.537. The zero-order valence-electron chi connectivity index (χ0n) is 17.2. The first-order chi connectivity index (χ1) is 13.6. The van der Waals surface area contributed by atoms with Gasteiger partial charge >= 0.3 is 15.5 Å². The maximum atomic E-state index is 12.7. The summed E-state index contributed by atoms with van der Waals surface area (Å²) in [6.07, 6.45) is 0.547. The van der Waals surface area contributed by atoms with Crippen LogP contribution in [0, 0.1) is 0 Å². The number of anilines is 1. The smallest absolute Gasteiger partial charge is 0.370 e. The monoisotopic (exact) mass is 563 g/mol. The van der Waals surface area contributed by atoms with E-state index in [1.54, 1.807) is 7.05 Å². The number of aliphatic imine (C=N–C) groups is 1. The molecule has 1 aliphatic rings. The molecule has 0 radical (unpaired) electrons. The van der Waals surface area contributed by atoms with E-state index >= 15 is 0 Å². The molecule has 1 aliphatic heterocycles. The number of alkyl halides is 3. The van der Waals surface area contributed by atoms with Crippen LogP contribution in [0.15, 0.2) is 35.3 Å². The number of nitrogens with zero attached hydrogens (tertiary/aromatic N) is 3. The minimum Gasteiger partial charge on any atom is -0.370 e. The van der Waals surface area contributed by atoms with Crippen LogP contribution in [0.5, 0.6) is 0 Å². The zero-order valence-corrected chi connectivity index (χ0v) is 20.3. The molecule has 2 N–H and O–H groups in total. The van der Waals surface area contributed by atoms with Gasteiger partial charge in [0, 0.05) is 51.5 Å². The maximum absolute atomic E-state index is 12.7. The number of halogens is 4. The van der Waals surface area contributed by atoms with Gasteiger partial charge in [0.05, 0.1) is 0 Å². The molecule has 0 spiro atoms. The van der Waals surface area contributed by atoms with Gasteiger partial charge in [-0.25, -0.2) is 8.42 Å². The van der Waals surface area contributed by atoms with Crippen LogP contribution in [0.1, 0.15) is 19.8 Å². The predicted molar refractivity (Wildman–Crippen MR) is 124 cm³/mol. The average molecular weight is 563 g/mol. The number of hydrogen-bond donors (Lipinski definition) is 2. The molecular formula is C18H29F3IN5O2S. The lowest BCUT2D eigenvalue weighted by Gasteiger charge is -2.33. The van der Waals surface area contributed by atoms with Crippen molar-refractivity contribution >= 4 is 45.6 Å². The molecule has 1 aromatic rings. The van der Waals surface area contributed by atoms with Gasteiger partial charge in [-0.05, 0) is 31.9 Å². The minimum atomic E-state index is -5.26. The van der Waals surface area contributed by atoms with Gasteiger partial charge in [0.15, 0.2) is 5.96 Å². The van der Waals surface area contributed by atoms with Crippen LogP contribution < -0.4 is 15.5 Å². The molecule has 1 fully saturated rings. The van der Waals surface area contributed by atoms with Crippen LogP contribution in [-0.2, 0) is 10.0 Å². The van der Waals surface area contributed by atoms with Crippen LogP contribution in [-0.4, -0.2) is 70.0 Å². The van der Waals surface area contributed by atoms with E-state index in [1.165, 1.54) is 0 Å². The first kappa shape index (κ1) is 26.8. The van der Waals surface area contributed by atoms with E-state index in [0.29, 0.717) is 16.8 Å². The van der Waals surface area contributed by atoms with Crippen molar-refractivity contribution < 1.29 is 21.6 Å². The van der Waals surface area contributed by atoms with Gasteiger partial charge in [-0.15, -0.1) is 24.0 Å². The van der Waals surface area contributed by atoms with Crippen molar-refractivity contribution in [2.75, 3.05) is 38.6 Å². The van der Waals surface area contributed by atoms with E-state index in [0.717, 1.165) is 5.69 Å². The van der Waals surface area contributed by atoms with Crippen molar-refractivity contribution in [3.63, 3.8) is 0 Å². The van der Waals surface area contributed by atoms with E-state index in [1.807, 2.05) is 37.4 Å². The molecule has 0 aliphatic carbocycles. The third-order valence-corrected chi connectivity index (χ3v) is 6.67. The lowest BCUT2D eigenvalue weighted by molar-refractivity contribution is -0.0494. The fourth-order valence-electron chi connectivity index (χ4n) is 3.07. The van der Waals surface area contributed by atoms with Crippen molar-refractivity contribution in [2.24, 2.45) is 4.99 Å². The van der Waals surface area contributed by atoms with Crippen LogP contribution >= 0.6 is 24.0 Å². The van der Waals surface area contributed by atoms with Crippen LogP contribution in [0.3, 0.4) is 0 Å². The Morgan fingerprint density at radius 2 is 1.83 bits per heavy atom. The summed E-state index contributed by atoms with van der Waals surface area (Å²) in [7, 11) is -1.65. The lowest BCUT2D eigenvalue weighted by Crippen LogP contribution is -2.52. The van der Waals surface area contributed by atoms with Gasteiger partial charge in [-0.3, -0.25) is 4.99 Å². The first-order valence-electron chi connectivity index (χ1n) is 9.37. The van der Waals surface area contributed by atoms with E-state index in [4.69, 9.17) is 0 Å². The number of guanidine groups is 1. The highest BCUT2D eigenvalue weighted by atomic mass is 127. The average Bonchev–Trinajstić information content (AvgIpc) is 2.70. The molecule has 7 nitrogen and oxygen atoms in total. The second kappa shape index (κ2) is 11.4. The molecule has 1 heterocycles. The van der Waals surface area contributed by atoms with Gasteiger partial charge in [0.2, 0.25) is 0 Å². The fraction of sp³-hybridized carbons (Fsp3) is 0.611. The highest BCUT2D eigenvalue weighted by Gasteiger charge is 2.50. The summed E-state index contributed by atoms with van der Waals surface area (Å²) in [4.78, 5) is 6.28. The number of benzene rings is 1. The largest absolute Gasteiger partial charge is 0.511 e. The summed E-state index contributed by atoms with van der Waals surface area (Å²) in [5.41, 5.74) is -4.17. The molecule has 2 rings (SSSR count). The molecule has 30 heavy (non-hydrogen) atoms. The Bertz CT molecular complexity index is 785. The Morgan fingerprint density at radius 3 is 2.33 bits per heavy atom. The van der Waals surface area contributed by atoms with E-state index in [9.17, 15) is 21.6 Å². The third kappa shape index (κ3) is 6.87. The van der Waals surface area contributed by atoms with Crippen molar-refractivity contribution in [2.45, 2.75) is 37.4 Å². The molecule has 1 atom stereocenters. The van der Waals surface area contributed by atoms with Crippen LogP contribution in [0.4, 0.5) is 18.9 Å². The van der Waals surface area contributed by atoms with Crippen molar-refractivity contribution in [3.8, 4) is 0 Å². The van der Waals surface area contributed by atoms with Crippen molar-refractivity contribution in [1.29, 1.82) is 0 Å². The molecule has 0 saturated carbocycles. The SMILES string of the molecule is CN=C(NCC(C)N(C)c1ccccc1)NC1CCN(S(=O)(=O)C(F)(F)F)CC1.I. The van der Waals surface area contributed by atoms with Crippen molar-refractivity contribution in [3.05, 3.63) is 30.3 Å². The molecule has 1 aromatic carbocycles. The first-order valence-corrected chi connectivity index (χ1v) is 10.8. The summed E-state index contributed by atoms with van der Waals surface area (Å²) in [6, 6.07) is 9.95. The van der Waals surface area contributed by atoms with Gasteiger partial charge in [-0.2, -0.15) is 17.5 Å². The third-order valence-electron chi connectivity index (χ3n) is 5.04. The van der Waals surface area contributed by atoms with E-state index in [-0.39, 0.29) is 62.0 Å². The maximum Gasteiger partial charge on any atom is 0.511 e. The minimum absolute atomic E-state index is 0. The van der Waals surface area contributed by atoms with Crippen molar-refractivity contribution in [1.82, 2.24) is 14.9 Å². The molecule has 0 bridgehead atoms. The lowest BCUT2D eigenvalue weighted by atomic mass is 10.1. The van der Waals surface area contributed by atoms with Gasteiger partial charge in [0.1, 0.15) is 0 Å². The van der Waals surface area contributed by atoms with Gasteiger partial charge in [0.25, 0.3) is 0 Å². The molecule has 1 saturated heterocycles. The highest BCUT2D eigenvalue weighted by molar-refractivity contribution is 14.0. The Morgan fingerprint density at radius 1 is 1.27 bits per heavy atom. The normalized spacial score (nSPS) is 17.7. The quantitative estimate of drug-likeness (QED) is 0.316. The van der Waals surface area contributed by atoms with E-state index in [2.05, 4.69) is 27.4 Å². The second-order valence-corrected chi connectivity index (χ2v) is 8.95. The molecule has 0 amide bonds. The number of likely N-dealkylation sites (N-methyl/N-ethyl adjacent to an activating group) is 1. The Labute approximate surface area is 193 Å². The predicted octanol–water partition coefficient (Wildman–Crippen LogP) is 2.61. The zero-order chi connectivity index (χ0) is 21.7. The number of nitrogens with one attached hydrogen (secondary N) is 2. The summed E-state index contributed by atoms with van der Waals surface area (Å²) >= 11 is 0. The number of piperidine rings is 1. The van der Waals surface area contributed by atoms with Gasteiger partial charge in [-0.1, -0.05) is 18.2 Å². The molecular weight excluding hydrogens is 534 g/mol. The fourth-order valence-corrected chi connectivity index (χ4v) is 4.06. The topological polar surface area (TPSA) is 77.0 Å². The number of hydrogen-bond acceptors (Lipinski definition) is 4. The number of para-hydroxylation sites is 1.